The Bertz CT molecular complexity index is 477. The van der Waals surface area contributed by atoms with Crippen LogP contribution in [0.3, 0.4) is 0 Å². The quantitative estimate of drug-likeness (QED) is 0.493. The lowest BCUT2D eigenvalue weighted by atomic mass is 9.82. The zero-order valence-corrected chi connectivity index (χ0v) is 12.7. The third-order valence-corrected chi connectivity index (χ3v) is 3.72. The zero-order valence-electron chi connectivity index (χ0n) is 12.7. The topological polar surface area (TPSA) is 96.1 Å². The van der Waals surface area contributed by atoms with Gasteiger partial charge in [0.1, 0.15) is 17.5 Å². The highest BCUT2D eigenvalue weighted by molar-refractivity contribution is 5.57. The monoisotopic (exact) mass is 279 g/mol. The predicted molar refractivity (Wildman–Crippen MR) is 80.5 cm³/mol. The summed E-state index contributed by atoms with van der Waals surface area (Å²) >= 11 is 0. The van der Waals surface area contributed by atoms with E-state index in [1.165, 1.54) is 0 Å². The second kappa shape index (κ2) is 5.54. The number of nitrogens with zero attached hydrogens (tertiary/aromatic N) is 2. The molecule has 20 heavy (non-hydrogen) atoms. The van der Waals surface area contributed by atoms with Gasteiger partial charge in [-0.3, -0.25) is 0 Å². The zero-order chi connectivity index (χ0) is 14.9. The minimum absolute atomic E-state index is 0.125. The Balaban J connectivity index is 2.17. The molecule has 1 aromatic heterocycles. The van der Waals surface area contributed by atoms with E-state index < -0.39 is 0 Å². The standard InChI is InChI=1S/C14H25N5O/c1-8-11(16-7-9-5-10(20)6-9)17-13(14(2,3)4)18-12(8)19-15/h9-10,20H,5-7,15H2,1-4H3,(H2,16,17,18,19). The smallest absolute Gasteiger partial charge is 0.148 e. The molecule has 1 heterocycles. The fraction of sp³-hybridized carbons (Fsp3) is 0.714. The van der Waals surface area contributed by atoms with Gasteiger partial charge in [0, 0.05) is 17.5 Å². The fourth-order valence-electron chi connectivity index (χ4n) is 2.27. The van der Waals surface area contributed by atoms with E-state index in [9.17, 15) is 5.11 Å². The molecular formula is C14H25N5O. The third-order valence-electron chi connectivity index (χ3n) is 3.72. The molecule has 0 amide bonds. The van der Waals surface area contributed by atoms with Gasteiger partial charge >= 0.3 is 0 Å². The van der Waals surface area contributed by atoms with Crippen molar-refractivity contribution >= 4 is 11.6 Å². The molecule has 0 unspecified atom stereocenters. The van der Waals surface area contributed by atoms with Crippen molar-refractivity contribution in [1.82, 2.24) is 9.97 Å². The van der Waals surface area contributed by atoms with Crippen molar-refractivity contribution in [3.63, 3.8) is 0 Å². The predicted octanol–water partition coefficient (Wildman–Crippen LogP) is 1.55. The van der Waals surface area contributed by atoms with E-state index in [1.54, 1.807) is 0 Å². The first kappa shape index (κ1) is 15.0. The van der Waals surface area contributed by atoms with Crippen LogP contribution in [0.15, 0.2) is 0 Å². The first-order chi connectivity index (χ1) is 9.31. The van der Waals surface area contributed by atoms with Gasteiger partial charge in [-0.05, 0) is 25.7 Å². The van der Waals surface area contributed by atoms with Gasteiger partial charge in [-0.1, -0.05) is 20.8 Å². The van der Waals surface area contributed by atoms with E-state index >= 15 is 0 Å². The van der Waals surface area contributed by atoms with Gasteiger partial charge in [-0.15, -0.1) is 0 Å². The van der Waals surface area contributed by atoms with Crippen LogP contribution in [0.5, 0.6) is 0 Å². The Morgan fingerprint density at radius 1 is 1.25 bits per heavy atom. The number of aliphatic hydroxyl groups is 1. The van der Waals surface area contributed by atoms with E-state index in [1.807, 2.05) is 6.92 Å². The van der Waals surface area contributed by atoms with Crippen LogP contribution in [0, 0.1) is 12.8 Å². The van der Waals surface area contributed by atoms with E-state index in [0.29, 0.717) is 11.7 Å². The van der Waals surface area contributed by atoms with Crippen LogP contribution in [0.4, 0.5) is 11.6 Å². The second-order valence-electron chi connectivity index (χ2n) is 6.64. The SMILES string of the molecule is Cc1c(NN)nc(C(C)(C)C)nc1NCC1CC(O)C1. The van der Waals surface area contributed by atoms with Gasteiger partial charge < -0.3 is 15.8 Å². The van der Waals surface area contributed by atoms with Crippen molar-refractivity contribution in [2.75, 3.05) is 17.3 Å². The first-order valence-electron chi connectivity index (χ1n) is 7.09. The lowest BCUT2D eigenvalue weighted by Gasteiger charge is -2.32. The number of hydrogen-bond acceptors (Lipinski definition) is 6. The molecule has 2 rings (SSSR count). The van der Waals surface area contributed by atoms with Crippen molar-refractivity contribution in [1.29, 1.82) is 0 Å². The molecule has 0 spiro atoms. The number of hydrogen-bond donors (Lipinski definition) is 4. The number of aliphatic hydroxyl groups excluding tert-OH is 1. The van der Waals surface area contributed by atoms with Crippen LogP contribution in [-0.4, -0.2) is 27.7 Å². The van der Waals surface area contributed by atoms with E-state index in [-0.39, 0.29) is 11.5 Å². The van der Waals surface area contributed by atoms with Gasteiger partial charge in [0.15, 0.2) is 0 Å². The Hall–Kier alpha value is -1.40. The van der Waals surface area contributed by atoms with Gasteiger partial charge in [-0.25, -0.2) is 15.8 Å². The molecule has 1 saturated carbocycles. The maximum atomic E-state index is 9.32. The number of nitrogens with one attached hydrogen (secondary N) is 2. The lowest BCUT2D eigenvalue weighted by molar-refractivity contribution is 0.0486. The molecule has 0 bridgehead atoms. The van der Waals surface area contributed by atoms with E-state index in [4.69, 9.17) is 5.84 Å². The summed E-state index contributed by atoms with van der Waals surface area (Å²) in [6.45, 7) is 8.99. The Morgan fingerprint density at radius 2 is 1.85 bits per heavy atom. The van der Waals surface area contributed by atoms with Crippen LogP contribution < -0.4 is 16.6 Å². The molecular weight excluding hydrogens is 254 g/mol. The van der Waals surface area contributed by atoms with Crippen LogP contribution in [0.25, 0.3) is 0 Å². The highest BCUT2D eigenvalue weighted by atomic mass is 16.3. The van der Waals surface area contributed by atoms with Crippen LogP contribution in [0.1, 0.15) is 45.0 Å². The summed E-state index contributed by atoms with van der Waals surface area (Å²) in [6.07, 6.45) is 1.61. The summed E-state index contributed by atoms with van der Waals surface area (Å²) < 4.78 is 0. The van der Waals surface area contributed by atoms with Crippen LogP contribution >= 0.6 is 0 Å². The Labute approximate surface area is 120 Å². The largest absolute Gasteiger partial charge is 0.393 e. The summed E-state index contributed by atoms with van der Waals surface area (Å²) in [5.74, 6) is 8.29. The molecule has 0 aromatic carbocycles. The minimum Gasteiger partial charge on any atom is -0.393 e. The van der Waals surface area contributed by atoms with Gasteiger partial charge in [-0.2, -0.15) is 0 Å². The molecule has 0 aliphatic heterocycles. The summed E-state index contributed by atoms with van der Waals surface area (Å²) in [4.78, 5) is 9.09. The maximum Gasteiger partial charge on any atom is 0.148 e. The average molecular weight is 279 g/mol. The molecule has 1 aliphatic rings. The van der Waals surface area contributed by atoms with Crippen LogP contribution in [0.2, 0.25) is 0 Å². The number of anilines is 2. The molecule has 0 atom stereocenters. The van der Waals surface area contributed by atoms with Crippen molar-refractivity contribution < 1.29 is 5.11 Å². The second-order valence-corrected chi connectivity index (χ2v) is 6.64. The van der Waals surface area contributed by atoms with Gasteiger partial charge in [0.25, 0.3) is 0 Å². The normalized spacial score (nSPS) is 22.3. The summed E-state index contributed by atoms with van der Waals surface area (Å²) in [6, 6.07) is 0. The number of nitrogen functional groups attached to an aromatic ring is 1. The number of aromatic nitrogens is 2. The van der Waals surface area contributed by atoms with Crippen molar-refractivity contribution in [3.8, 4) is 0 Å². The highest BCUT2D eigenvalue weighted by Crippen LogP contribution is 2.29. The number of rotatable bonds is 4. The molecule has 6 nitrogen and oxygen atoms in total. The molecule has 1 fully saturated rings. The van der Waals surface area contributed by atoms with E-state index in [2.05, 4.69) is 41.5 Å². The first-order valence-corrected chi connectivity index (χ1v) is 7.09. The molecule has 1 aliphatic carbocycles. The number of nitrogens with two attached hydrogens (primary N) is 1. The molecule has 112 valence electrons. The van der Waals surface area contributed by atoms with Crippen LogP contribution in [-0.2, 0) is 5.41 Å². The highest BCUT2D eigenvalue weighted by Gasteiger charge is 2.27. The fourth-order valence-corrected chi connectivity index (χ4v) is 2.27. The average Bonchev–Trinajstić information content (AvgIpc) is 2.33. The molecule has 0 saturated heterocycles. The van der Waals surface area contributed by atoms with Crippen molar-refractivity contribution in [2.24, 2.45) is 11.8 Å². The molecule has 6 heteroatoms. The van der Waals surface area contributed by atoms with E-state index in [0.717, 1.165) is 36.6 Å². The van der Waals surface area contributed by atoms with Crippen molar-refractivity contribution in [2.45, 2.75) is 52.1 Å². The Morgan fingerprint density at radius 3 is 2.35 bits per heavy atom. The lowest BCUT2D eigenvalue weighted by Crippen LogP contribution is -2.33. The third kappa shape index (κ3) is 3.19. The molecule has 1 aromatic rings. The van der Waals surface area contributed by atoms with Gasteiger partial charge in [0.05, 0.1) is 6.10 Å². The summed E-state index contributed by atoms with van der Waals surface area (Å²) in [5.41, 5.74) is 3.42. The summed E-state index contributed by atoms with van der Waals surface area (Å²) in [7, 11) is 0. The minimum atomic E-state index is -0.137. The Kier molecular flexibility index (Phi) is 4.15. The molecule has 0 radical (unpaired) electrons. The molecule has 5 N–H and O–H groups in total. The van der Waals surface area contributed by atoms with Gasteiger partial charge in [0.2, 0.25) is 0 Å². The maximum absolute atomic E-state index is 9.32. The van der Waals surface area contributed by atoms with Crippen molar-refractivity contribution in [3.05, 3.63) is 11.4 Å². The number of hydrazine groups is 1. The summed E-state index contributed by atoms with van der Waals surface area (Å²) in [5, 5.41) is 12.7.